The highest BCUT2D eigenvalue weighted by Gasteiger charge is 2.67. The number of esters is 1. The molecule has 2 saturated heterocycles. The minimum absolute atomic E-state index is 0.0884. The molecule has 3 aliphatic carbocycles. The molecule has 5 aliphatic rings. The van der Waals surface area contributed by atoms with Crippen molar-refractivity contribution in [2.75, 3.05) is 13.1 Å². The van der Waals surface area contributed by atoms with Gasteiger partial charge in [0.1, 0.15) is 39.9 Å². The molecule has 1 unspecified atom stereocenters. The Kier molecular flexibility index (Phi) is 9.84. The van der Waals surface area contributed by atoms with Gasteiger partial charge in [0.05, 0.1) is 30.0 Å². The number of carbonyl (C=O) groups is 3. The van der Waals surface area contributed by atoms with Crippen molar-refractivity contribution >= 4 is 30.9 Å². The summed E-state index contributed by atoms with van der Waals surface area (Å²) in [6.45, 7) is 19.3. The maximum absolute atomic E-state index is 13.7. The molecule has 3 heterocycles. The van der Waals surface area contributed by atoms with Crippen molar-refractivity contribution in [1.29, 1.82) is 0 Å². The molecule has 2 aliphatic heterocycles. The molecule has 53 heavy (non-hydrogen) atoms. The van der Waals surface area contributed by atoms with Gasteiger partial charge in [0.25, 0.3) is 5.91 Å². The summed E-state index contributed by atoms with van der Waals surface area (Å²) in [7, 11) is -0.337. The number of rotatable bonds is 10. The van der Waals surface area contributed by atoms with Crippen LogP contribution in [-0.4, -0.2) is 92.0 Å². The third-order valence-corrected chi connectivity index (χ3v) is 11.1. The lowest BCUT2D eigenvalue weighted by Gasteiger charge is -2.64. The molecule has 17 heteroatoms. The van der Waals surface area contributed by atoms with Gasteiger partial charge in [0.2, 0.25) is 6.17 Å². The summed E-state index contributed by atoms with van der Waals surface area (Å²) in [5, 5.41) is 20.8. The molecule has 3 saturated carbocycles. The predicted molar refractivity (Wildman–Crippen MR) is 191 cm³/mol. The van der Waals surface area contributed by atoms with E-state index < -0.39 is 52.2 Å². The van der Waals surface area contributed by atoms with Crippen LogP contribution < -0.4 is 10.1 Å². The lowest BCUT2D eigenvalue weighted by Crippen LogP contribution is -2.65. The fourth-order valence-electron chi connectivity index (χ4n) is 8.21. The zero-order valence-corrected chi connectivity index (χ0v) is 32.3. The normalized spacial score (nSPS) is 25.4. The second kappa shape index (κ2) is 13.6. The minimum atomic E-state index is -1.47. The number of amides is 2. The molecule has 0 radical (unpaired) electrons. The van der Waals surface area contributed by atoms with E-state index in [-0.39, 0.29) is 37.3 Å². The first-order valence-corrected chi connectivity index (χ1v) is 18.3. The molecule has 1 aromatic heterocycles. The molecule has 288 valence electrons. The fraction of sp³-hybridized carbons (Fsp3) is 0.694. The average molecular weight is 739 g/mol. The summed E-state index contributed by atoms with van der Waals surface area (Å²) >= 11 is 0. The standard InChI is InChI=1S/C36H51BN6O10/c1-20-21(13-14-37-52-26-16-22-15-25(35(22,8)9)36(26,10)53-37)11-12-24(28(20)31(45)50-33(2,3)4)49-23-17-41(18-23)30(44)29(38-32(46)51-34(5,6)7)42-19-27(39-40-42)43(47)48/h11-12,19,22-23,25-26,29H,13-18H2,1-10H3,(H,38,46)/t22-,25-,26+,29?,36-/m0/s1. The Labute approximate surface area is 309 Å². The number of hydrogen-bond donors (Lipinski definition) is 1. The third kappa shape index (κ3) is 7.73. The fourth-order valence-corrected chi connectivity index (χ4v) is 8.21. The van der Waals surface area contributed by atoms with Crippen molar-refractivity contribution in [1.82, 2.24) is 25.2 Å². The largest absolute Gasteiger partial charge is 0.486 e. The molecule has 1 aromatic carbocycles. The van der Waals surface area contributed by atoms with Gasteiger partial charge in [0.15, 0.2) is 0 Å². The van der Waals surface area contributed by atoms with Crippen LogP contribution in [0.1, 0.15) is 103 Å². The van der Waals surface area contributed by atoms with Crippen LogP contribution in [0.5, 0.6) is 5.75 Å². The Morgan fingerprint density at radius 2 is 1.77 bits per heavy atom. The lowest BCUT2D eigenvalue weighted by atomic mass is 9.43. The molecular weight excluding hydrogens is 687 g/mol. The van der Waals surface area contributed by atoms with Gasteiger partial charge < -0.3 is 38.5 Å². The number of benzene rings is 1. The smallest absolute Gasteiger partial charge is 0.457 e. The van der Waals surface area contributed by atoms with Crippen molar-refractivity contribution in [3.8, 4) is 5.75 Å². The first-order valence-electron chi connectivity index (χ1n) is 18.3. The number of ether oxygens (including phenoxy) is 3. The summed E-state index contributed by atoms with van der Waals surface area (Å²) in [6, 6.07) is 3.69. The van der Waals surface area contributed by atoms with Gasteiger partial charge in [-0.15, -0.1) is 0 Å². The molecular formula is C36H51BN6O10. The van der Waals surface area contributed by atoms with Gasteiger partial charge in [-0.2, -0.15) is 4.68 Å². The maximum atomic E-state index is 13.7. The zero-order valence-electron chi connectivity index (χ0n) is 32.3. The molecule has 0 spiro atoms. The molecule has 2 bridgehead atoms. The summed E-state index contributed by atoms with van der Waals surface area (Å²) in [4.78, 5) is 51.8. The maximum Gasteiger partial charge on any atom is 0.457 e. The van der Waals surface area contributed by atoms with Crippen LogP contribution in [0.4, 0.5) is 10.6 Å². The summed E-state index contributed by atoms with van der Waals surface area (Å²) in [5.74, 6) is -0.282. The van der Waals surface area contributed by atoms with E-state index in [2.05, 4.69) is 36.4 Å². The van der Waals surface area contributed by atoms with E-state index in [1.54, 1.807) is 47.6 Å². The van der Waals surface area contributed by atoms with E-state index in [1.807, 2.05) is 13.0 Å². The van der Waals surface area contributed by atoms with Crippen molar-refractivity contribution in [2.45, 2.75) is 130 Å². The van der Waals surface area contributed by atoms with Crippen LogP contribution >= 0.6 is 0 Å². The van der Waals surface area contributed by atoms with Crippen molar-refractivity contribution in [3.05, 3.63) is 45.1 Å². The number of nitro groups is 1. The summed E-state index contributed by atoms with van der Waals surface area (Å²) in [6.07, 6.45) is 1.59. The van der Waals surface area contributed by atoms with Crippen LogP contribution in [-0.2, 0) is 30.0 Å². The Morgan fingerprint density at radius 1 is 1.09 bits per heavy atom. The number of hydrogen-bond acceptors (Lipinski definition) is 12. The van der Waals surface area contributed by atoms with Crippen molar-refractivity contribution < 1.29 is 42.8 Å². The topological polar surface area (TPSA) is 186 Å². The first kappa shape index (κ1) is 38.5. The molecule has 2 aromatic rings. The SMILES string of the molecule is Cc1c(CCB2O[C@@H]3C[C@@H]4C[C@@H](C4(C)C)[C@]3(C)O2)ccc(OC2CN(C(=O)C(NC(=O)OC(C)(C)C)n3cc([N+](=O)[O-])nn3)C2)c1C(=O)OC(C)(C)C. The molecule has 16 nitrogen and oxygen atoms in total. The first-order chi connectivity index (χ1) is 24.6. The monoisotopic (exact) mass is 738 g/mol. The van der Waals surface area contributed by atoms with E-state index in [9.17, 15) is 24.5 Å². The minimum Gasteiger partial charge on any atom is -0.486 e. The molecule has 2 amide bonds. The Morgan fingerprint density at radius 3 is 2.38 bits per heavy atom. The third-order valence-electron chi connectivity index (χ3n) is 11.1. The van der Waals surface area contributed by atoms with Gasteiger partial charge in [-0.25, -0.2) is 9.59 Å². The number of carbonyl (C=O) groups excluding carboxylic acids is 3. The van der Waals surface area contributed by atoms with Gasteiger partial charge in [0, 0.05) is 0 Å². The van der Waals surface area contributed by atoms with E-state index >= 15 is 0 Å². The van der Waals surface area contributed by atoms with Crippen LogP contribution in [0.25, 0.3) is 0 Å². The number of alkyl carbamates (subject to hydrolysis) is 1. The van der Waals surface area contributed by atoms with E-state index in [4.69, 9.17) is 23.5 Å². The second-order valence-corrected chi connectivity index (χ2v) is 17.5. The highest BCUT2D eigenvalue weighted by molar-refractivity contribution is 6.45. The number of aryl methyl sites for hydroxylation is 1. The summed E-state index contributed by atoms with van der Waals surface area (Å²) in [5.41, 5.74) is 0.305. The van der Waals surface area contributed by atoms with Gasteiger partial charge in [-0.3, -0.25) is 10.1 Å². The number of nitrogens with zero attached hydrogens (tertiary/aromatic N) is 5. The van der Waals surface area contributed by atoms with Crippen LogP contribution in [0.3, 0.4) is 0 Å². The van der Waals surface area contributed by atoms with E-state index in [1.165, 1.54) is 11.3 Å². The quantitative estimate of drug-likeness (QED) is 0.149. The van der Waals surface area contributed by atoms with Crippen LogP contribution in [0.2, 0.25) is 6.32 Å². The zero-order chi connectivity index (χ0) is 38.8. The Balaban J connectivity index is 1.14. The molecule has 1 N–H and O–H groups in total. The van der Waals surface area contributed by atoms with Crippen molar-refractivity contribution in [2.24, 2.45) is 17.3 Å². The van der Waals surface area contributed by atoms with Crippen LogP contribution in [0, 0.1) is 34.3 Å². The second-order valence-electron chi connectivity index (χ2n) is 17.5. The van der Waals surface area contributed by atoms with Crippen molar-refractivity contribution in [3.63, 3.8) is 0 Å². The number of aromatic nitrogens is 3. The average Bonchev–Trinajstić information content (AvgIpc) is 3.63. The lowest BCUT2D eigenvalue weighted by molar-refractivity contribution is -0.389. The number of likely N-dealkylation sites (tertiary alicyclic amines) is 1. The highest BCUT2D eigenvalue weighted by atomic mass is 16.7. The highest BCUT2D eigenvalue weighted by Crippen LogP contribution is 2.65. The molecule has 5 atom stereocenters. The Bertz CT molecular complexity index is 1780. The Hall–Kier alpha value is -4.25. The van der Waals surface area contributed by atoms with E-state index in [0.29, 0.717) is 35.9 Å². The van der Waals surface area contributed by atoms with Gasteiger partial charge in [-0.1, -0.05) is 19.9 Å². The van der Waals surface area contributed by atoms with Gasteiger partial charge in [-0.05, 0) is 120 Å². The van der Waals surface area contributed by atoms with Crippen LogP contribution in [0.15, 0.2) is 18.3 Å². The van der Waals surface area contributed by atoms with Gasteiger partial charge >= 0.3 is 25.0 Å². The van der Waals surface area contributed by atoms with E-state index in [0.717, 1.165) is 28.4 Å². The molecule has 7 rings (SSSR count). The summed E-state index contributed by atoms with van der Waals surface area (Å²) < 4.78 is 31.4. The number of nitrogens with one attached hydrogen (secondary N) is 1. The molecule has 5 fully saturated rings. The predicted octanol–water partition coefficient (Wildman–Crippen LogP) is 5.03.